The molecule has 2 heterocycles. The standard InChI is InChI=1S/C21H22ClN3O2S/c1-13(11-15-5-3-4-6-17(15)22)25-18-8-7-14-9-10-24(21(26)27-2)12-16(14)19(18)23-20(25)28/h3-8,13H,9-12H2,1-2H3,(H,23,28). The minimum absolute atomic E-state index is 0.138. The van der Waals surface area contributed by atoms with Crippen molar-refractivity contribution < 1.29 is 9.53 Å². The molecule has 0 radical (unpaired) electrons. The Morgan fingerprint density at radius 1 is 1.32 bits per heavy atom. The van der Waals surface area contributed by atoms with Crippen molar-refractivity contribution >= 4 is 40.9 Å². The maximum absolute atomic E-state index is 12.0. The number of nitrogens with one attached hydrogen (secondary N) is 1. The highest BCUT2D eigenvalue weighted by molar-refractivity contribution is 7.71. The second-order valence-electron chi connectivity index (χ2n) is 7.18. The second kappa shape index (κ2) is 7.60. The molecule has 5 nitrogen and oxygen atoms in total. The normalized spacial score (nSPS) is 14.8. The van der Waals surface area contributed by atoms with Crippen LogP contribution in [0, 0.1) is 4.77 Å². The van der Waals surface area contributed by atoms with Gasteiger partial charge in [0, 0.05) is 23.2 Å². The second-order valence-corrected chi connectivity index (χ2v) is 7.98. The number of fused-ring (bicyclic) bond motifs is 3. The summed E-state index contributed by atoms with van der Waals surface area (Å²) in [5, 5.41) is 0.770. The zero-order valence-electron chi connectivity index (χ0n) is 15.9. The zero-order valence-corrected chi connectivity index (χ0v) is 17.4. The predicted octanol–water partition coefficient (Wildman–Crippen LogP) is 5.28. The summed E-state index contributed by atoms with van der Waals surface area (Å²) < 4.78 is 7.72. The van der Waals surface area contributed by atoms with Crippen LogP contribution in [0.2, 0.25) is 5.02 Å². The number of nitrogens with zero attached hydrogens (tertiary/aromatic N) is 2. The third-order valence-electron chi connectivity index (χ3n) is 5.44. The van der Waals surface area contributed by atoms with Gasteiger partial charge in [0.15, 0.2) is 4.77 Å². The number of benzene rings is 2. The van der Waals surface area contributed by atoms with Crippen molar-refractivity contribution in [3.8, 4) is 0 Å². The van der Waals surface area contributed by atoms with Crippen LogP contribution in [-0.2, 0) is 24.1 Å². The van der Waals surface area contributed by atoms with E-state index in [0.717, 1.165) is 40.0 Å². The Hall–Kier alpha value is -2.31. The Kier molecular flexibility index (Phi) is 5.17. The molecule has 1 aliphatic rings. The molecule has 3 aromatic rings. The minimum Gasteiger partial charge on any atom is -0.453 e. The van der Waals surface area contributed by atoms with Gasteiger partial charge in [-0.2, -0.15) is 0 Å². The maximum atomic E-state index is 12.0. The Morgan fingerprint density at radius 2 is 2.11 bits per heavy atom. The van der Waals surface area contributed by atoms with Crippen LogP contribution >= 0.6 is 23.8 Å². The van der Waals surface area contributed by atoms with E-state index in [2.05, 4.69) is 28.6 Å². The topological polar surface area (TPSA) is 50.3 Å². The van der Waals surface area contributed by atoms with Gasteiger partial charge in [-0.3, -0.25) is 0 Å². The molecule has 2 aromatic carbocycles. The van der Waals surface area contributed by atoms with Crippen molar-refractivity contribution in [2.75, 3.05) is 13.7 Å². The summed E-state index contributed by atoms with van der Waals surface area (Å²) >= 11 is 12.0. The van der Waals surface area contributed by atoms with Gasteiger partial charge < -0.3 is 19.2 Å². The molecule has 1 unspecified atom stereocenters. The number of halogens is 1. The summed E-state index contributed by atoms with van der Waals surface area (Å²) in [6.45, 7) is 3.33. The third kappa shape index (κ3) is 3.31. The molecule has 1 atom stereocenters. The van der Waals surface area contributed by atoms with Gasteiger partial charge in [0.2, 0.25) is 0 Å². The fraction of sp³-hybridized carbons (Fsp3) is 0.333. The van der Waals surface area contributed by atoms with E-state index >= 15 is 0 Å². The summed E-state index contributed by atoms with van der Waals surface area (Å²) in [4.78, 5) is 17.1. The molecule has 0 saturated heterocycles. The first-order valence-electron chi connectivity index (χ1n) is 9.31. The van der Waals surface area contributed by atoms with E-state index < -0.39 is 0 Å². The molecular weight excluding hydrogens is 394 g/mol. The lowest BCUT2D eigenvalue weighted by Crippen LogP contribution is -2.35. The van der Waals surface area contributed by atoms with Gasteiger partial charge in [-0.1, -0.05) is 35.9 Å². The number of rotatable bonds is 3. The number of hydrogen-bond donors (Lipinski definition) is 1. The quantitative estimate of drug-likeness (QED) is 0.592. The van der Waals surface area contributed by atoms with Gasteiger partial charge in [0.05, 0.1) is 24.7 Å². The Balaban J connectivity index is 1.73. The summed E-state index contributed by atoms with van der Waals surface area (Å²) in [6.07, 6.45) is 1.29. The molecule has 1 aliphatic heterocycles. The molecule has 28 heavy (non-hydrogen) atoms. The molecule has 1 N–H and O–H groups in total. The maximum Gasteiger partial charge on any atom is 0.409 e. The number of carbonyl (C=O) groups is 1. The molecule has 0 aliphatic carbocycles. The van der Waals surface area contributed by atoms with Crippen molar-refractivity contribution in [3.63, 3.8) is 0 Å². The highest BCUT2D eigenvalue weighted by Gasteiger charge is 2.25. The van der Waals surface area contributed by atoms with Crippen LogP contribution in [0.3, 0.4) is 0 Å². The molecule has 146 valence electrons. The number of hydrogen-bond acceptors (Lipinski definition) is 3. The Labute approximate surface area is 173 Å². The molecule has 0 saturated carbocycles. The fourth-order valence-corrected chi connectivity index (χ4v) is 4.62. The summed E-state index contributed by atoms with van der Waals surface area (Å²) in [6, 6.07) is 12.3. The van der Waals surface area contributed by atoms with E-state index in [9.17, 15) is 4.79 Å². The molecule has 7 heteroatoms. The van der Waals surface area contributed by atoms with E-state index in [1.165, 1.54) is 12.7 Å². The minimum atomic E-state index is -0.298. The third-order valence-corrected chi connectivity index (χ3v) is 6.11. The first-order valence-corrected chi connectivity index (χ1v) is 10.1. The smallest absolute Gasteiger partial charge is 0.409 e. The van der Waals surface area contributed by atoms with Crippen LogP contribution in [0.15, 0.2) is 36.4 Å². The van der Waals surface area contributed by atoms with Gasteiger partial charge in [-0.05, 0) is 55.2 Å². The van der Waals surface area contributed by atoms with Gasteiger partial charge in [-0.15, -0.1) is 0 Å². The van der Waals surface area contributed by atoms with E-state index in [0.29, 0.717) is 17.9 Å². The average Bonchev–Trinajstić information content (AvgIpc) is 3.05. The number of aromatic amines is 1. The first kappa shape index (κ1) is 19.0. The SMILES string of the molecule is COC(=O)N1CCc2ccc3c([nH]c(=S)n3C(C)Cc3ccccc3Cl)c2C1. The van der Waals surface area contributed by atoms with E-state index in [1.54, 1.807) is 4.90 Å². The summed E-state index contributed by atoms with van der Waals surface area (Å²) in [7, 11) is 1.42. The largest absolute Gasteiger partial charge is 0.453 e. The molecule has 0 spiro atoms. The van der Waals surface area contributed by atoms with Crippen LogP contribution < -0.4 is 0 Å². The van der Waals surface area contributed by atoms with Gasteiger partial charge in [0.25, 0.3) is 0 Å². The van der Waals surface area contributed by atoms with Crippen molar-refractivity contribution in [1.29, 1.82) is 0 Å². The lowest BCUT2D eigenvalue weighted by atomic mass is 9.98. The monoisotopic (exact) mass is 415 g/mol. The first-order chi connectivity index (χ1) is 13.5. The highest BCUT2D eigenvalue weighted by atomic mass is 35.5. The van der Waals surface area contributed by atoms with E-state index in [1.807, 2.05) is 24.3 Å². The number of H-pyrrole nitrogens is 1. The molecule has 0 bridgehead atoms. The van der Waals surface area contributed by atoms with E-state index in [4.69, 9.17) is 28.6 Å². The van der Waals surface area contributed by atoms with Crippen LogP contribution in [0.5, 0.6) is 0 Å². The molecule has 0 fully saturated rings. The molecule has 1 amide bonds. The number of carbonyl (C=O) groups excluding carboxylic acids is 1. The Bertz CT molecular complexity index is 1100. The van der Waals surface area contributed by atoms with Gasteiger partial charge in [0.1, 0.15) is 0 Å². The van der Waals surface area contributed by atoms with Crippen molar-refractivity contribution in [2.24, 2.45) is 0 Å². The predicted molar refractivity (Wildman–Crippen MR) is 114 cm³/mol. The average molecular weight is 416 g/mol. The number of methoxy groups -OCH3 is 1. The van der Waals surface area contributed by atoms with Crippen molar-refractivity contribution in [3.05, 3.63) is 62.9 Å². The number of imidazole rings is 1. The summed E-state index contributed by atoms with van der Waals surface area (Å²) in [5.74, 6) is 0. The summed E-state index contributed by atoms with van der Waals surface area (Å²) in [5.41, 5.74) is 5.51. The number of amides is 1. The van der Waals surface area contributed by atoms with Crippen LogP contribution in [-0.4, -0.2) is 34.2 Å². The lowest BCUT2D eigenvalue weighted by Gasteiger charge is -2.28. The van der Waals surface area contributed by atoms with Crippen molar-refractivity contribution in [1.82, 2.24) is 14.5 Å². The highest BCUT2D eigenvalue weighted by Crippen LogP contribution is 2.31. The van der Waals surface area contributed by atoms with Gasteiger partial charge in [-0.25, -0.2) is 4.79 Å². The van der Waals surface area contributed by atoms with Gasteiger partial charge >= 0.3 is 6.09 Å². The molecule has 1 aromatic heterocycles. The molecular formula is C21H22ClN3O2S. The number of ether oxygens (including phenoxy) is 1. The molecule has 4 rings (SSSR count). The fourth-order valence-electron chi connectivity index (χ4n) is 4.03. The van der Waals surface area contributed by atoms with Crippen LogP contribution in [0.25, 0.3) is 11.0 Å². The zero-order chi connectivity index (χ0) is 19.8. The van der Waals surface area contributed by atoms with Crippen LogP contribution in [0.1, 0.15) is 29.7 Å². The lowest BCUT2D eigenvalue weighted by molar-refractivity contribution is 0.119. The van der Waals surface area contributed by atoms with E-state index in [-0.39, 0.29) is 12.1 Å². The van der Waals surface area contributed by atoms with Crippen molar-refractivity contribution in [2.45, 2.75) is 32.4 Å². The number of aromatic nitrogens is 2. The van der Waals surface area contributed by atoms with Crippen LogP contribution in [0.4, 0.5) is 4.79 Å². The Morgan fingerprint density at radius 3 is 2.86 bits per heavy atom.